The summed E-state index contributed by atoms with van der Waals surface area (Å²) in [5.74, 6) is -1.20. The van der Waals surface area contributed by atoms with Gasteiger partial charge in [-0.15, -0.1) is 0 Å². The van der Waals surface area contributed by atoms with Crippen molar-refractivity contribution in [2.45, 2.75) is 44.7 Å². The summed E-state index contributed by atoms with van der Waals surface area (Å²) in [6, 6.07) is 2.70. The van der Waals surface area contributed by atoms with E-state index in [1.807, 2.05) is 6.92 Å². The van der Waals surface area contributed by atoms with Crippen molar-refractivity contribution in [1.29, 1.82) is 0 Å². The molecule has 1 aliphatic rings. The molecule has 2 rings (SSSR count). The molecule has 0 spiro atoms. The molecule has 3 nitrogen and oxygen atoms in total. The van der Waals surface area contributed by atoms with Crippen molar-refractivity contribution in [2.75, 3.05) is 6.54 Å². The number of piperidine rings is 1. The van der Waals surface area contributed by atoms with Gasteiger partial charge in [0, 0.05) is 5.56 Å². The summed E-state index contributed by atoms with van der Waals surface area (Å²) in [5.41, 5.74) is -0.464. The molecule has 2 atom stereocenters. The van der Waals surface area contributed by atoms with E-state index in [0.717, 1.165) is 44.0 Å². The molecule has 1 aliphatic heterocycles. The minimum atomic E-state index is -0.629. The Balaban J connectivity index is 2.08. The monoisotopic (exact) mass is 282 g/mol. The number of rotatable bonds is 3. The van der Waals surface area contributed by atoms with Crippen LogP contribution in [0.2, 0.25) is 0 Å². The molecule has 1 aromatic rings. The summed E-state index contributed by atoms with van der Waals surface area (Å²) in [6.45, 7) is 4.30. The molecule has 1 heterocycles. The summed E-state index contributed by atoms with van der Waals surface area (Å²) >= 11 is 0. The highest BCUT2D eigenvalue weighted by Gasteiger charge is 2.35. The van der Waals surface area contributed by atoms with Crippen molar-refractivity contribution in [3.8, 4) is 0 Å². The third-order valence-corrected chi connectivity index (χ3v) is 3.89. The average molecular weight is 282 g/mol. The molecule has 0 aliphatic carbocycles. The van der Waals surface area contributed by atoms with E-state index in [9.17, 15) is 13.6 Å². The molecule has 2 unspecified atom stereocenters. The largest absolute Gasteiger partial charge is 0.348 e. The minimum absolute atomic E-state index is 0.165. The van der Waals surface area contributed by atoms with Crippen LogP contribution in [-0.4, -0.2) is 18.0 Å². The molecule has 20 heavy (non-hydrogen) atoms. The summed E-state index contributed by atoms with van der Waals surface area (Å²) < 4.78 is 26.9. The molecule has 1 saturated heterocycles. The number of halogens is 2. The molecule has 0 bridgehead atoms. The number of carbonyl (C=O) groups excluding carboxylic acids is 1. The maximum absolute atomic E-state index is 13.7. The maximum atomic E-state index is 13.7. The highest BCUT2D eigenvalue weighted by atomic mass is 19.1. The fourth-order valence-electron chi connectivity index (χ4n) is 2.53. The van der Waals surface area contributed by atoms with Gasteiger partial charge in [-0.3, -0.25) is 4.79 Å². The predicted octanol–water partition coefficient (Wildman–Crippen LogP) is 2.67. The van der Waals surface area contributed by atoms with Crippen molar-refractivity contribution in [3.05, 3.63) is 35.4 Å². The van der Waals surface area contributed by atoms with Crippen LogP contribution in [-0.2, 0) is 4.79 Å². The van der Waals surface area contributed by atoms with Gasteiger partial charge in [-0.05, 0) is 57.9 Å². The molecule has 2 N–H and O–H groups in total. The second-order valence-corrected chi connectivity index (χ2v) is 5.58. The fraction of sp³-hybridized carbons (Fsp3) is 0.533. The van der Waals surface area contributed by atoms with E-state index >= 15 is 0 Å². The molecule has 1 fully saturated rings. The number of hydrogen-bond donors (Lipinski definition) is 2. The van der Waals surface area contributed by atoms with Crippen LogP contribution in [0.25, 0.3) is 0 Å². The van der Waals surface area contributed by atoms with Crippen LogP contribution in [0.15, 0.2) is 18.2 Å². The topological polar surface area (TPSA) is 41.1 Å². The van der Waals surface area contributed by atoms with Gasteiger partial charge in [-0.25, -0.2) is 8.78 Å². The molecule has 0 radical (unpaired) electrons. The highest BCUT2D eigenvalue weighted by Crippen LogP contribution is 2.22. The van der Waals surface area contributed by atoms with Gasteiger partial charge in [-0.1, -0.05) is 0 Å². The van der Waals surface area contributed by atoms with Crippen LogP contribution in [0, 0.1) is 11.6 Å². The predicted molar refractivity (Wildman–Crippen MR) is 73.2 cm³/mol. The van der Waals surface area contributed by atoms with Crippen molar-refractivity contribution in [3.63, 3.8) is 0 Å². The summed E-state index contributed by atoms with van der Waals surface area (Å²) in [6.07, 6.45) is 2.79. The number of hydrogen-bond acceptors (Lipinski definition) is 2. The normalized spacial score (nSPS) is 24.2. The standard InChI is InChI=1S/C15H20F2N2O/c1-10(12-9-11(16)5-6-13(12)17)19-14(20)15(2)7-3-4-8-18-15/h5-6,9-10,18H,3-4,7-8H2,1-2H3,(H,19,20). The van der Waals surface area contributed by atoms with Crippen molar-refractivity contribution in [1.82, 2.24) is 10.6 Å². The lowest BCUT2D eigenvalue weighted by Gasteiger charge is -2.34. The Labute approximate surface area is 117 Å². The molecular weight excluding hydrogens is 262 g/mol. The van der Waals surface area contributed by atoms with E-state index in [1.54, 1.807) is 6.92 Å². The Bertz CT molecular complexity index is 499. The molecule has 5 heteroatoms. The van der Waals surface area contributed by atoms with E-state index in [4.69, 9.17) is 0 Å². The molecular formula is C15H20F2N2O. The highest BCUT2D eigenvalue weighted by molar-refractivity contribution is 5.86. The third kappa shape index (κ3) is 3.15. The van der Waals surface area contributed by atoms with Crippen LogP contribution in [0.5, 0.6) is 0 Å². The molecule has 110 valence electrons. The number of benzene rings is 1. The Morgan fingerprint density at radius 2 is 2.15 bits per heavy atom. The van der Waals surface area contributed by atoms with Gasteiger partial charge < -0.3 is 10.6 Å². The zero-order chi connectivity index (χ0) is 14.8. The van der Waals surface area contributed by atoms with E-state index < -0.39 is 23.2 Å². The first-order valence-corrected chi connectivity index (χ1v) is 6.93. The minimum Gasteiger partial charge on any atom is -0.348 e. The first-order valence-electron chi connectivity index (χ1n) is 6.93. The zero-order valence-corrected chi connectivity index (χ0v) is 11.8. The van der Waals surface area contributed by atoms with Gasteiger partial charge in [-0.2, -0.15) is 0 Å². The summed E-state index contributed by atoms with van der Waals surface area (Å²) in [5, 5.41) is 5.96. The number of nitrogens with one attached hydrogen (secondary N) is 2. The van der Waals surface area contributed by atoms with E-state index in [2.05, 4.69) is 10.6 Å². The van der Waals surface area contributed by atoms with E-state index in [0.29, 0.717) is 0 Å². The van der Waals surface area contributed by atoms with Crippen LogP contribution >= 0.6 is 0 Å². The first-order chi connectivity index (χ1) is 9.42. The number of carbonyl (C=O) groups is 1. The number of amides is 1. The molecule has 1 amide bonds. The van der Waals surface area contributed by atoms with Crippen molar-refractivity contribution in [2.24, 2.45) is 0 Å². The Morgan fingerprint density at radius 1 is 1.40 bits per heavy atom. The van der Waals surface area contributed by atoms with Crippen LogP contribution in [0.4, 0.5) is 8.78 Å². The van der Waals surface area contributed by atoms with Crippen LogP contribution < -0.4 is 10.6 Å². The smallest absolute Gasteiger partial charge is 0.240 e. The second-order valence-electron chi connectivity index (χ2n) is 5.58. The van der Waals surface area contributed by atoms with Gasteiger partial charge in [0.05, 0.1) is 11.6 Å². The van der Waals surface area contributed by atoms with Crippen molar-refractivity contribution < 1.29 is 13.6 Å². The van der Waals surface area contributed by atoms with Crippen LogP contribution in [0.1, 0.15) is 44.7 Å². The molecule has 1 aromatic carbocycles. The third-order valence-electron chi connectivity index (χ3n) is 3.89. The quantitative estimate of drug-likeness (QED) is 0.895. The fourth-order valence-corrected chi connectivity index (χ4v) is 2.53. The van der Waals surface area contributed by atoms with Gasteiger partial charge in [0.1, 0.15) is 11.6 Å². The lowest BCUT2D eigenvalue weighted by molar-refractivity contribution is -0.128. The van der Waals surface area contributed by atoms with Crippen molar-refractivity contribution >= 4 is 5.91 Å². The van der Waals surface area contributed by atoms with Gasteiger partial charge in [0.25, 0.3) is 0 Å². The molecule has 0 aromatic heterocycles. The lowest BCUT2D eigenvalue weighted by Crippen LogP contribution is -2.57. The Hall–Kier alpha value is -1.49. The summed E-state index contributed by atoms with van der Waals surface area (Å²) in [7, 11) is 0. The zero-order valence-electron chi connectivity index (χ0n) is 11.8. The second kappa shape index (κ2) is 5.87. The maximum Gasteiger partial charge on any atom is 0.240 e. The van der Waals surface area contributed by atoms with Gasteiger partial charge in [0.15, 0.2) is 0 Å². The van der Waals surface area contributed by atoms with Gasteiger partial charge >= 0.3 is 0 Å². The van der Waals surface area contributed by atoms with E-state index in [1.165, 1.54) is 0 Å². The van der Waals surface area contributed by atoms with Gasteiger partial charge in [0.2, 0.25) is 5.91 Å². The summed E-state index contributed by atoms with van der Waals surface area (Å²) in [4.78, 5) is 12.3. The Kier molecular flexibility index (Phi) is 4.38. The van der Waals surface area contributed by atoms with E-state index in [-0.39, 0.29) is 11.5 Å². The first kappa shape index (κ1) is 14.9. The lowest BCUT2D eigenvalue weighted by atomic mass is 9.89. The SMILES string of the molecule is CC(NC(=O)C1(C)CCCCN1)c1cc(F)ccc1F. The average Bonchev–Trinajstić information content (AvgIpc) is 2.42. The van der Waals surface area contributed by atoms with Crippen LogP contribution in [0.3, 0.4) is 0 Å². The molecule has 0 saturated carbocycles. The Morgan fingerprint density at radius 3 is 2.80 bits per heavy atom.